The minimum atomic E-state index is -0.601. The van der Waals surface area contributed by atoms with Crippen LogP contribution in [-0.2, 0) is 6.54 Å². The molecule has 7 heteroatoms. The van der Waals surface area contributed by atoms with Crippen LogP contribution in [0.5, 0.6) is 0 Å². The van der Waals surface area contributed by atoms with Crippen molar-refractivity contribution < 1.29 is 10.0 Å². The summed E-state index contributed by atoms with van der Waals surface area (Å²) in [6, 6.07) is 11.0. The van der Waals surface area contributed by atoms with Crippen LogP contribution in [0, 0.1) is 11.8 Å². The Kier molecular flexibility index (Phi) is 3.87. The van der Waals surface area contributed by atoms with E-state index < -0.39 is 5.91 Å². The smallest absolute Gasteiger partial charge is 0.277 e. The number of benzene rings is 1. The van der Waals surface area contributed by atoms with Crippen LogP contribution < -0.4 is 15.7 Å². The molecule has 3 N–H and O–H groups in total. The van der Waals surface area contributed by atoms with Crippen molar-refractivity contribution >= 4 is 11.9 Å². The number of anilines is 1. The number of carbonyl (C=O) groups is 1. The molecule has 4 rings (SSSR count). The van der Waals surface area contributed by atoms with Crippen LogP contribution in [0.4, 0.5) is 5.95 Å². The van der Waals surface area contributed by atoms with E-state index in [4.69, 9.17) is 5.21 Å². The number of rotatable bonds is 5. The molecule has 0 spiro atoms. The van der Waals surface area contributed by atoms with Gasteiger partial charge < -0.3 is 10.2 Å². The van der Waals surface area contributed by atoms with Crippen molar-refractivity contribution in [2.75, 3.05) is 18.0 Å². The minimum absolute atomic E-state index is 0.244. The summed E-state index contributed by atoms with van der Waals surface area (Å²) in [5.74, 6) is 1.31. The van der Waals surface area contributed by atoms with Gasteiger partial charge >= 0.3 is 0 Å². The molecule has 0 radical (unpaired) electrons. The van der Waals surface area contributed by atoms with Gasteiger partial charge in [0.05, 0.1) is 5.56 Å². The van der Waals surface area contributed by atoms with Gasteiger partial charge in [0.2, 0.25) is 5.95 Å². The average Bonchev–Trinajstić information content (AvgIpc) is 3.09. The minimum Gasteiger partial charge on any atom is -0.340 e. The van der Waals surface area contributed by atoms with Gasteiger partial charge in [0.15, 0.2) is 0 Å². The molecule has 1 amide bonds. The first-order chi connectivity index (χ1) is 11.8. The van der Waals surface area contributed by atoms with E-state index in [1.165, 1.54) is 18.0 Å². The maximum absolute atomic E-state index is 11.3. The Morgan fingerprint density at radius 3 is 2.46 bits per heavy atom. The number of hydroxylamine groups is 1. The molecule has 2 atom stereocenters. The van der Waals surface area contributed by atoms with Crippen LogP contribution in [0.1, 0.15) is 15.9 Å². The molecular weight excluding hydrogens is 306 g/mol. The molecule has 1 saturated heterocycles. The summed E-state index contributed by atoms with van der Waals surface area (Å²) in [5, 5.41) is 12.2. The zero-order valence-corrected chi connectivity index (χ0v) is 13.1. The number of carbonyl (C=O) groups excluding carboxylic acids is 1. The lowest BCUT2D eigenvalue weighted by atomic mass is 10.2. The van der Waals surface area contributed by atoms with Gasteiger partial charge in [-0.1, -0.05) is 30.3 Å². The van der Waals surface area contributed by atoms with Gasteiger partial charge in [-0.2, -0.15) is 0 Å². The fourth-order valence-electron chi connectivity index (χ4n) is 3.49. The Bertz CT molecular complexity index is 710. The van der Waals surface area contributed by atoms with Crippen molar-refractivity contribution in [3.63, 3.8) is 0 Å². The zero-order chi connectivity index (χ0) is 16.5. The Hall–Kier alpha value is -2.51. The van der Waals surface area contributed by atoms with Crippen LogP contribution in [0.3, 0.4) is 0 Å². The van der Waals surface area contributed by atoms with Gasteiger partial charge in [-0.3, -0.25) is 10.0 Å². The average molecular weight is 325 g/mol. The summed E-state index contributed by atoms with van der Waals surface area (Å²) in [4.78, 5) is 21.9. The second kappa shape index (κ2) is 6.18. The van der Waals surface area contributed by atoms with E-state index in [0.29, 0.717) is 23.8 Å². The number of nitrogens with zero attached hydrogens (tertiary/aromatic N) is 3. The second-order valence-electron chi connectivity index (χ2n) is 6.34. The lowest BCUT2D eigenvalue weighted by Gasteiger charge is -2.20. The second-order valence-corrected chi connectivity index (χ2v) is 6.34. The van der Waals surface area contributed by atoms with Crippen LogP contribution in [0.25, 0.3) is 0 Å². The number of nitrogens with one attached hydrogen (secondary N) is 2. The normalized spacial score (nSPS) is 24.5. The largest absolute Gasteiger partial charge is 0.340 e. The van der Waals surface area contributed by atoms with Gasteiger partial charge in [0.1, 0.15) is 0 Å². The highest BCUT2D eigenvalue weighted by Gasteiger charge is 2.55. The molecule has 2 unspecified atom stereocenters. The highest BCUT2D eigenvalue weighted by atomic mass is 16.5. The highest BCUT2D eigenvalue weighted by Crippen LogP contribution is 2.46. The van der Waals surface area contributed by atoms with E-state index >= 15 is 0 Å². The molecule has 2 aromatic rings. The molecule has 124 valence electrons. The fraction of sp³-hybridized carbons (Fsp3) is 0.353. The molecule has 1 aliphatic carbocycles. The first kappa shape index (κ1) is 15.0. The Balaban J connectivity index is 1.30. The van der Waals surface area contributed by atoms with E-state index in [-0.39, 0.29) is 5.56 Å². The summed E-state index contributed by atoms with van der Waals surface area (Å²) >= 11 is 0. The van der Waals surface area contributed by atoms with Crippen LogP contribution in [0.15, 0.2) is 42.7 Å². The topological polar surface area (TPSA) is 90.4 Å². The maximum Gasteiger partial charge on any atom is 0.277 e. The lowest BCUT2D eigenvalue weighted by Crippen LogP contribution is -2.32. The number of fused-ring (bicyclic) bond motifs is 1. The van der Waals surface area contributed by atoms with E-state index in [9.17, 15) is 4.79 Å². The molecule has 1 aromatic heterocycles. The SMILES string of the molecule is O=C(NO)c1cnc(N2CC3C(C2)C3NCc2ccccc2)nc1. The quantitative estimate of drug-likeness (QED) is 0.557. The van der Waals surface area contributed by atoms with Crippen LogP contribution >= 0.6 is 0 Å². The number of hydrogen-bond donors (Lipinski definition) is 3. The summed E-state index contributed by atoms with van der Waals surface area (Å²) < 4.78 is 0. The Labute approximate surface area is 139 Å². The molecule has 0 bridgehead atoms. The van der Waals surface area contributed by atoms with Gasteiger partial charge in [-0.15, -0.1) is 0 Å². The summed E-state index contributed by atoms with van der Waals surface area (Å²) in [7, 11) is 0. The van der Waals surface area contributed by atoms with Crippen LogP contribution in [-0.4, -0.2) is 40.2 Å². The lowest BCUT2D eigenvalue weighted by molar-refractivity contribution is 0.0705. The number of piperidine rings is 1. The van der Waals surface area contributed by atoms with Crippen molar-refractivity contribution in [2.24, 2.45) is 11.8 Å². The molecule has 1 aromatic carbocycles. The van der Waals surface area contributed by atoms with Gasteiger partial charge in [0, 0.05) is 38.1 Å². The zero-order valence-electron chi connectivity index (χ0n) is 13.1. The third-order valence-electron chi connectivity index (χ3n) is 4.86. The third-order valence-corrected chi connectivity index (χ3v) is 4.86. The first-order valence-electron chi connectivity index (χ1n) is 8.05. The summed E-state index contributed by atoms with van der Waals surface area (Å²) in [6.07, 6.45) is 2.87. The molecule has 2 heterocycles. The van der Waals surface area contributed by atoms with Gasteiger partial charge in [-0.25, -0.2) is 15.4 Å². The van der Waals surface area contributed by atoms with Crippen molar-refractivity contribution in [2.45, 2.75) is 12.6 Å². The van der Waals surface area contributed by atoms with E-state index in [2.05, 4.69) is 44.5 Å². The van der Waals surface area contributed by atoms with Crippen molar-refractivity contribution in [3.8, 4) is 0 Å². The summed E-state index contributed by atoms with van der Waals surface area (Å²) in [6.45, 7) is 2.77. The molecule has 1 aliphatic heterocycles. The molecule has 2 fully saturated rings. The number of hydrogen-bond acceptors (Lipinski definition) is 6. The monoisotopic (exact) mass is 325 g/mol. The third kappa shape index (κ3) is 2.83. The predicted octanol–water partition coefficient (Wildman–Crippen LogP) is 0.820. The van der Waals surface area contributed by atoms with E-state index in [0.717, 1.165) is 19.6 Å². The van der Waals surface area contributed by atoms with Gasteiger partial charge in [-0.05, 0) is 17.4 Å². The van der Waals surface area contributed by atoms with E-state index in [1.54, 1.807) is 5.48 Å². The summed E-state index contributed by atoms with van der Waals surface area (Å²) in [5.41, 5.74) is 3.13. The molecule has 2 aliphatic rings. The fourth-order valence-corrected chi connectivity index (χ4v) is 3.49. The van der Waals surface area contributed by atoms with Gasteiger partial charge in [0.25, 0.3) is 5.91 Å². The molecule has 7 nitrogen and oxygen atoms in total. The Morgan fingerprint density at radius 2 is 1.83 bits per heavy atom. The van der Waals surface area contributed by atoms with Crippen molar-refractivity contribution in [3.05, 3.63) is 53.9 Å². The molecular formula is C17H19N5O2. The number of amides is 1. The maximum atomic E-state index is 11.3. The number of aromatic nitrogens is 2. The molecule has 24 heavy (non-hydrogen) atoms. The standard InChI is InChI=1S/C17H19N5O2/c23-16(21-24)12-7-19-17(20-8-12)22-9-13-14(10-22)15(13)18-6-11-4-2-1-3-5-11/h1-5,7-8,13-15,18,24H,6,9-10H2,(H,21,23). The van der Waals surface area contributed by atoms with Crippen LogP contribution in [0.2, 0.25) is 0 Å². The highest BCUT2D eigenvalue weighted by molar-refractivity contribution is 5.92. The van der Waals surface area contributed by atoms with Crippen molar-refractivity contribution in [1.82, 2.24) is 20.8 Å². The molecule has 1 saturated carbocycles. The van der Waals surface area contributed by atoms with Crippen molar-refractivity contribution in [1.29, 1.82) is 0 Å². The van der Waals surface area contributed by atoms with E-state index in [1.807, 2.05) is 6.07 Å². The Morgan fingerprint density at radius 1 is 1.17 bits per heavy atom. The first-order valence-corrected chi connectivity index (χ1v) is 8.05. The predicted molar refractivity (Wildman–Crippen MR) is 87.5 cm³/mol.